The predicted octanol–water partition coefficient (Wildman–Crippen LogP) is 4.55. The maximum atomic E-state index is 12.6. The van der Waals surface area contributed by atoms with Crippen LogP contribution in [0.15, 0.2) is 42.5 Å². The van der Waals surface area contributed by atoms with Crippen LogP contribution in [0, 0.1) is 0 Å². The van der Waals surface area contributed by atoms with Gasteiger partial charge >= 0.3 is 6.61 Å². The molecule has 2 aromatic carbocycles. The third-order valence-corrected chi connectivity index (χ3v) is 5.09. The van der Waals surface area contributed by atoms with Crippen molar-refractivity contribution in [3.8, 4) is 5.75 Å². The molecule has 8 heteroatoms. The highest BCUT2D eigenvalue weighted by Crippen LogP contribution is 2.24. The minimum atomic E-state index is -2.92. The second kappa shape index (κ2) is 8.87. The molecular formula is C19H18Cl2F2N2O2. The SMILES string of the molecule is O=C(c1cccc(OC(F)F)c1)N1CCN(Cc2ccc(Cl)c(Cl)c2)CC1. The molecule has 0 unspecified atom stereocenters. The summed E-state index contributed by atoms with van der Waals surface area (Å²) in [5.74, 6) is -0.210. The Kier molecular flexibility index (Phi) is 6.52. The zero-order valence-electron chi connectivity index (χ0n) is 14.4. The van der Waals surface area contributed by atoms with E-state index < -0.39 is 6.61 Å². The molecule has 0 aliphatic carbocycles. The molecule has 1 saturated heterocycles. The highest BCUT2D eigenvalue weighted by atomic mass is 35.5. The van der Waals surface area contributed by atoms with Gasteiger partial charge in [0, 0.05) is 38.3 Å². The lowest BCUT2D eigenvalue weighted by Gasteiger charge is -2.34. The van der Waals surface area contributed by atoms with Crippen molar-refractivity contribution in [3.63, 3.8) is 0 Å². The van der Waals surface area contributed by atoms with E-state index in [0.717, 1.165) is 12.1 Å². The van der Waals surface area contributed by atoms with Gasteiger partial charge in [0.25, 0.3) is 5.91 Å². The summed E-state index contributed by atoms with van der Waals surface area (Å²) in [6.07, 6.45) is 0. The van der Waals surface area contributed by atoms with Gasteiger partial charge in [-0.25, -0.2) is 0 Å². The van der Waals surface area contributed by atoms with Crippen LogP contribution < -0.4 is 4.74 Å². The fraction of sp³-hybridized carbons (Fsp3) is 0.316. The van der Waals surface area contributed by atoms with Crippen molar-refractivity contribution in [2.75, 3.05) is 26.2 Å². The minimum absolute atomic E-state index is 0.0193. The molecule has 0 atom stereocenters. The van der Waals surface area contributed by atoms with Gasteiger partial charge in [-0.15, -0.1) is 0 Å². The number of hydrogen-bond acceptors (Lipinski definition) is 3. The highest BCUT2D eigenvalue weighted by Gasteiger charge is 2.22. The molecule has 0 saturated carbocycles. The van der Waals surface area contributed by atoms with E-state index >= 15 is 0 Å². The van der Waals surface area contributed by atoms with Crippen LogP contribution in [-0.2, 0) is 6.54 Å². The fourth-order valence-corrected chi connectivity index (χ4v) is 3.31. The van der Waals surface area contributed by atoms with Crippen LogP contribution in [0.2, 0.25) is 10.0 Å². The van der Waals surface area contributed by atoms with E-state index in [1.807, 2.05) is 12.1 Å². The van der Waals surface area contributed by atoms with Gasteiger partial charge in [0.05, 0.1) is 10.0 Å². The third kappa shape index (κ3) is 5.31. The minimum Gasteiger partial charge on any atom is -0.435 e. The number of nitrogens with zero attached hydrogens (tertiary/aromatic N) is 2. The number of benzene rings is 2. The molecule has 1 aliphatic rings. The molecule has 0 radical (unpaired) electrons. The second-order valence-corrected chi connectivity index (χ2v) is 7.04. The number of halogens is 4. The summed E-state index contributed by atoms with van der Waals surface area (Å²) in [7, 11) is 0. The lowest BCUT2D eigenvalue weighted by molar-refractivity contribution is -0.0499. The first-order valence-electron chi connectivity index (χ1n) is 8.43. The van der Waals surface area contributed by atoms with Gasteiger partial charge in [-0.05, 0) is 35.9 Å². The third-order valence-electron chi connectivity index (χ3n) is 4.36. The molecule has 1 fully saturated rings. The summed E-state index contributed by atoms with van der Waals surface area (Å²) in [5.41, 5.74) is 1.40. The number of carbonyl (C=O) groups excluding carboxylic acids is 1. The van der Waals surface area contributed by atoms with E-state index in [1.54, 1.807) is 17.0 Å². The van der Waals surface area contributed by atoms with Crippen molar-refractivity contribution in [2.24, 2.45) is 0 Å². The van der Waals surface area contributed by atoms with Crippen molar-refractivity contribution in [1.82, 2.24) is 9.80 Å². The molecule has 0 aromatic heterocycles. The number of carbonyl (C=O) groups is 1. The number of hydrogen-bond donors (Lipinski definition) is 0. The smallest absolute Gasteiger partial charge is 0.387 e. The first-order chi connectivity index (χ1) is 12.9. The first kappa shape index (κ1) is 19.9. The number of piperazine rings is 1. The zero-order valence-corrected chi connectivity index (χ0v) is 15.9. The van der Waals surface area contributed by atoms with Crippen LogP contribution in [0.4, 0.5) is 8.78 Å². The van der Waals surface area contributed by atoms with Crippen LogP contribution >= 0.6 is 23.2 Å². The average Bonchev–Trinajstić information content (AvgIpc) is 2.64. The monoisotopic (exact) mass is 414 g/mol. The van der Waals surface area contributed by atoms with Crippen molar-refractivity contribution in [3.05, 3.63) is 63.6 Å². The molecule has 2 aromatic rings. The molecule has 1 amide bonds. The summed E-state index contributed by atoms with van der Waals surface area (Å²) in [4.78, 5) is 16.6. The molecular weight excluding hydrogens is 397 g/mol. The molecule has 4 nitrogen and oxygen atoms in total. The second-order valence-electron chi connectivity index (χ2n) is 6.22. The number of alkyl halides is 2. The molecule has 27 heavy (non-hydrogen) atoms. The standard InChI is InChI=1S/C19H18Cl2F2N2O2/c20-16-5-4-13(10-17(16)21)12-24-6-8-25(9-7-24)18(26)14-2-1-3-15(11-14)27-19(22)23/h1-5,10-11,19H,6-9,12H2. The van der Waals surface area contributed by atoms with Crippen molar-refractivity contribution in [1.29, 1.82) is 0 Å². The lowest BCUT2D eigenvalue weighted by Crippen LogP contribution is -2.48. The maximum Gasteiger partial charge on any atom is 0.387 e. The van der Waals surface area contributed by atoms with E-state index in [9.17, 15) is 13.6 Å². The first-order valence-corrected chi connectivity index (χ1v) is 9.18. The largest absolute Gasteiger partial charge is 0.435 e. The summed E-state index contributed by atoms with van der Waals surface area (Å²) >= 11 is 12.0. The Morgan fingerprint density at radius 1 is 1.04 bits per heavy atom. The van der Waals surface area contributed by atoms with Crippen molar-refractivity contribution >= 4 is 29.1 Å². The van der Waals surface area contributed by atoms with Crippen molar-refractivity contribution in [2.45, 2.75) is 13.2 Å². The maximum absolute atomic E-state index is 12.6. The molecule has 1 heterocycles. The van der Waals surface area contributed by atoms with E-state index in [4.69, 9.17) is 23.2 Å². The average molecular weight is 415 g/mol. The summed E-state index contributed by atoms with van der Waals surface area (Å²) in [6, 6.07) is 11.4. The van der Waals surface area contributed by atoms with Crippen molar-refractivity contribution < 1.29 is 18.3 Å². The topological polar surface area (TPSA) is 32.8 Å². The summed E-state index contributed by atoms with van der Waals surface area (Å²) in [5, 5.41) is 1.04. The van der Waals surface area contributed by atoms with Gasteiger partial charge in [0.15, 0.2) is 0 Å². The molecule has 0 spiro atoms. The molecule has 1 aliphatic heterocycles. The van der Waals surface area contributed by atoms with Crippen LogP contribution in [0.5, 0.6) is 5.75 Å². The van der Waals surface area contributed by atoms with Gasteiger partial charge < -0.3 is 9.64 Å². The molecule has 0 bridgehead atoms. The van der Waals surface area contributed by atoms with E-state index in [-0.39, 0.29) is 11.7 Å². The molecule has 0 N–H and O–H groups in total. The quantitative estimate of drug-likeness (QED) is 0.718. The van der Waals surface area contributed by atoms with Crippen LogP contribution in [0.25, 0.3) is 0 Å². The van der Waals surface area contributed by atoms with Gasteiger partial charge in [-0.1, -0.05) is 35.3 Å². The van der Waals surface area contributed by atoms with Crippen LogP contribution in [0.3, 0.4) is 0 Å². The fourth-order valence-electron chi connectivity index (χ4n) is 2.99. The van der Waals surface area contributed by atoms with Gasteiger partial charge in [0.2, 0.25) is 0 Å². The normalized spacial score (nSPS) is 15.2. The Morgan fingerprint density at radius 3 is 2.44 bits per heavy atom. The molecule has 144 valence electrons. The van der Waals surface area contributed by atoms with E-state index in [1.165, 1.54) is 18.2 Å². The van der Waals surface area contributed by atoms with E-state index in [2.05, 4.69) is 9.64 Å². The highest BCUT2D eigenvalue weighted by molar-refractivity contribution is 6.42. The zero-order chi connectivity index (χ0) is 19.4. The summed E-state index contributed by atoms with van der Waals surface area (Å²) in [6.45, 7) is 0.329. The summed E-state index contributed by atoms with van der Waals surface area (Å²) < 4.78 is 29.0. The van der Waals surface area contributed by atoms with E-state index in [0.29, 0.717) is 41.8 Å². The number of amides is 1. The van der Waals surface area contributed by atoms with Gasteiger partial charge in [-0.3, -0.25) is 9.69 Å². The lowest BCUT2D eigenvalue weighted by atomic mass is 10.1. The Labute approximate surface area is 166 Å². The Morgan fingerprint density at radius 2 is 1.78 bits per heavy atom. The number of rotatable bonds is 5. The molecule has 3 rings (SSSR count). The van der Waals surface area contributed by atoms with Gasteiger partial charge in [-0.2, -0.15) is 8.78 Å². The predicted molar refractivity (Wildman–Crippen MR) is 101 cm³/mol. The Bertz CT molecular complexity index is 812. The Balaban J connectivity index is 1.57. The van der Waals surface area contributed by atoms with Crippen LogP contribution in [-0.4, -0.2) is 48.5 Å². The van der Waals surface area contributed by atoms with Gasteiger partial charge in [0.1, 0.15) is 5.75 Å². The van der Waals surface area contributed by atoms with Crippen LogP contribution in [0.1, 0.15) is 15.9 Å². The number of ether oxygens (including phenoxy) is 1. The Hall–Kier alpha value is -1.89.